The molecule has 3 nitrogen and oxygen atoms in total. The van der Waals surface area contributed by atoms with Crippen LogP contribution < -0.4 is 5.32 Å². The molecule has 106 valence electrons. The first-order valence-electron chi connectivity index (χ1n) is 6.91. The molecule has 2 rings (SSSR count). The molecule has 1 unspecified atom stereocenters. The zero-order chi connectivity index (χ0) is 13.5. The molecule has 0 radical (unpaired) electrons. The van der Waals surface area contributed by atoms with Gasteiger partial charge in [0.1, 0.15) is 0 Å². The fourth-order valence-corrected chi connectivity index (χ4v) is 2.80. The van der Waals surface area contributed by atoms with Crippen molar-refractivity contribution in [2.75, 3.05) is 20.3 Å². The molecule has 19 heavy (non-hydrogen) atoms. The topological polar surface area (TPSA) is 30.5 Å². The molecule has 0 bridgehead atoms. The van der Waals surface area contributed by atoms with E-state index in [0.29, 0.717) is 13.2 Å². The van der Waals surface area contributed by atoms with Crippen LogP contribution in [0.5, 0.6) is 0 Å². The maximum atomic E-state index is 5.77. The predicted octanol–water partition coefficient (Wildman–Crippen LogP) is 3.25. The first-order valence-corrected chi connectivity index (χ1v) is 7.70. The van der Waals surface area contributed by atoms with E-state index in [9.17, 15) is 0 Å². The number of nitrogens with one attached hydrogen (secondary N) is 1. The minimum atomic E-state index is 0.288. The van der Waals surface area contributed by atoms with Crippen molar-refractivity contribution >= 4 is 15.9 Å². The standard InChI is InChI=1S/C15H22BrNO2/c1-17-9-12-5-6-13(15(16)8-12)10-18-11-14-4-2-3-7-19-14/h5-6,8,14,17H,2-4,7,9-11H2,1H3. The Hall–Kier alpha value is -0.420. The van der Waals surface area contributed by atoms with Crippen LogP contribution in [-0.4, -0.2) is 26.4 Å². The summed E-state index contributed by atoms with van der Waals surface area (Å²) in [6.07, 6.45) is 3.87. The van der Waals surface area contributed by atoms with Gasteiger partial charge in [-0.3, -0.25) is 0 Å². The molecule has 4 heteroatoms. The number of halogens is 1. The van der Waals surface area contributed by atoms with E-state index >= 15 is 0 Å². The van der Waals surface area contributed by atoms with E-state index in [0.717, 1.165) is 24.0 Å². The van der Waals surface area contributed by atoms with Gasteiger partial charge >= 0.3 is 0 Å². The van der Waals surface area contributed by atoms with Crippen LogP contribution in [0.3, 0.4) is 0 Å². The Bertz CT molecular complexity index is 392. The van der Waals surface area contributed by atoms with Crippen molar-refractivity contribution in [2.45, 2.75) is 38.5 Å². The average Bonchev–Trinajstić information content (AvgIpc) is 2.43. The maximum Gasteiger partial charge on any atom is 0.0808 e. The Morgan fingerprint density at radius 2 is 2.32 bits per heavy atom. The molecule has 1 aromatic carbocycles. The van der Waals surface area contributed by atoms with Gasteiger partial charge in [-0.05, 0) is 43.5 Å². The van der Waals surface area contributed by atoms with E-state index < -0.39 is 0 Å². The van der Waals surface area contributed by atoms with E-state index in [1.165, 1.54) is 24.0 Å². The molecule has 1 heterocycles. The highest BCUT2D eigenvalue weighted by atomic mass is 79.9. The largest absolute Gasteiger partial charge is 0.376 e. The molecule has 1 saturated heterocycles. The molecule has 0 spiro atoms. The second-order valence-electron chi connectivity index (χ2n) is 4.96. The van der Waals surface area contributed by atoms with Gasteiger partial charge in [0.25, 0.3) is 0 Å². The molecule has 1 atom stereocenters. The Morgan fingerprint density at radius 1 is 1.42 bits per heavy atom. The maximum absolute atomic E-state index is 5.77. The van der Waals surface area contributed by atoms with Crippen molar-refractivity contribution in [2.24, 2.45) is 0 Å². The summed E-state index contributed by atoms with van der Waals surface area (Å²) >= 11 is 3.60. The molecule has 0 aromatic heterocycles. The highest BCUT2D eigenvalue weighted by Crippen LogP contribution is 2.20. The number of rotatable bonds is 6. The lowest BCUT2D eigenvalue weighted by molar-refractivity contribution is -0.0448. The predicted molar refractivity (Wildman–Crippen MR) is 80.2 cm³/mol. The summed E-state index contributed by atoms with van der Waals surface area (Å²) in [5.41, 5.74) is 2.46. The number of hydrogen-bond donors (Lipinski definition) is 1. The molecular formula is C15H22BrNO2. The minimum Gasteiger partial charge on any atom is -0.376 e. The van der Waals surface area contributed by atoms with Crippen molar-refractivity contribution in [3.63, 3.8) is 0 Å². The van der Waals surface area contributed by atoms with Gasteiger partial charge in [0.15, 0.2) is 0 Å². The molecule has 0 saturated carbocycles. The molecule has 0 amide bonds. The second-order valence-corrected chi connectivity index (χ2v) is 5.81. The molecule has 1 N–H and O–H groups in total. The quantitative estimate of drug-likeness (QED) is 0.869. The van der Waals surface area contributed by atoms with Crippen molar-refractivity contribution in [1.29, 1.82) is 0 Å². The van der Waals surface area contributed by atoms with Gasteiger partial charge in [-0.15, -0.1) is 0 Å². The van der Waals surface area contributed by atoms with Gasteiger partial charge in [-0.2, -0.15) is 0 Å². The Balaban J connectivity index is 1.78. The first-order chi connectivity index (χ1) is 9.29. The van der Waals surface area contributed by atoms with Crippen molar-refractivity contribution in [1.82, 2.24) is 5.32 Å². The van der Waals surface area contributed by atoms with E-state index in [4.69, 9.17) is 9.47 Å². The normalized spacial score (nSPS) is 19.6. The lowest BCUT2D eigenvalue weighted by Crippen LogP contribution is -2.24. The number of hydrogen-bond acceptors (Lipinski definition) is 3. The summed E-state index contributed by atoms with van der Waals surface area (Å²) in [6, 6.07) is 6.40. The molecule has 1 fully saturated rings. The second kappa shape index (κ2) is 8.00. The Labute approximate surface area is 123 Å². The third kappa shape index (κ3) is 4.88. The Kier molecular flexibility index (Phi) is 6.31. The van der Waals surface area contributed by atoms with E-state index in [1.54, 1.807) is 0 Å². The zero-order valence-corrected chi connectivity index (χ0v) is 13.0. The average molecular weight is 328 g/mol. The van der Waals surface area contributed by atoms with E-state index in [1.807, 2.05) is 7.05 Å². The fraction of sp³-hybridized carbons (Fsp3) is 0.600. The summed E-state index contributed by atoms with van der Waals surface area (Å²) in [5, 5.41) is 3.15. The van der Waals surface area contributed by atoms with Gasteiger partial charge in [-0.25, -0.2) is 0 Å². The molecule has 1 aliphatic heterocycles. The highest BCUT2D eigenvalue weighted by molar-refractivity contribution is 9.10. The van der Waals surface area contributed by atoms with Crippen LogP contribution in [0.15, 0.2) is 22.7 Å². The summed E-state index contributed by atoms with van der Waals surface area (Å²) in [7, 11) is 1.95. The molecule has 1 aromatic rings. The molecule has 0 aliphatic carbocycles. The van der Waals surface area contributed by atoms with Gasteiger partial charge in [0, 0.05) is 17.6 Å². The van der Waals surface area contributed by atoms with Crippen LogP contribution in [0.4, 0.5) is 0 Å². The number of benzene rings is 1. The third-order valence-electron chi connectivity index (χ3n) is 3.33. The first kappa shape index (κ1) is 15.0. The zero-order valence-electron chi connectivity index (χ0n) is 11.5. The van der Waals surface area contributed by atoms with Gasteiger partial charge < -0.3 is 14.8 Å². The summed E-state index contributed by atoms with van der Waals surface area (Å²) in [6.45, 7) is 3.11. The van der Waals surface area contributed by atoms with Crippen LogP contribution in [0.1, 0.15) is 30.4 Å². The van der Waals surface area contributed by atoms with Gasteiger partial charge in [0.05, 0.1) is 19.3 Å². The Morgan fingerprint density at radius 3 is 3.00 bits per heavy atom. The van der Waals surface area contributed by atoms with Crippen molar-refractivity contribution < 1.29 is 9.47 Å². The van der Waals surface area contributed by atoms with Crippen LogP contribution in [0.2, 0.25) is 0 Å². The lowest BCUT2D eigenvalue weighted by atomic mass is 10.1. The van der Waals surface area contributed by atoms with Crippen LogP contribution in [-0.2, 0) is 22.6 Å². The summed E-state index contributed by atoms with van der Waals surface area (Å²) < 4.78 is 12.5. The lowest BCUT2D eigenvalue weighted by Gasteiger charge is -2.22. The monoisotopic (exact) mass is 327 g/mol. The molecular weight excluding hydrogens is 306 g/mol. The summed E-state index contributed by atoms with van der Waals surface area (Å²) in [4.78, 5) is 0. The van der Waals surface area contributed by atoms with Crippen LogP contribution in [0.25, 0.3) is 0 Å². The van der Waals surface area contributed by atoms with E-state index in [2.05, 4.69) is 39.4 Å². The van der Waals surface area contributed by atoms with E-state index in [-0.39, 0.29) is 6.10 Å². The summed E-state index contributed by atoms with van der Waals surface area (Å²) in [5.74, 6) is 0. The smallest absolute Gasteiger partial charge is 0.0808 e. The minimum absolute atomic E-state index is 0.288. The van der Waals surface area contributed by atoms with Crippen molar-refractivity contribution in [3.8, 4) is 0 Å². The van der Waals surface area contributed by atoms with Gasteiger partial charge in [0.2, 0.25) is 0 Å². The SMILES string of the molecule is CNCc1ccc(COCC2CCCCO2)c(Br)c1. The van der Waals surface area contributed by atoms with Crippen LogP contribution in [0, 0.1) is 0 Å². The fourth-order valence-electron chi connectivity index (χ4n) is 2.26. The highest BCUT2D eigenvalue weighted by Gasteiger charge is 2.13. The van der Waals surface area contributed by atoms with Crippen molar-refractivity contribution in [3.05, 3.63) is 33.8 Å². The third-order valence-corrected chi connectivity index (χ3v) is 4.07. The van der Waals surface area contributed by atoms with Crippen LogP contribution >= 0.6 is 15.9 Å². The number of ether oxygens (including phenoxy) is 2. The van der Waals surface area contributed by atoms with Gasteiger partial charge in [-0.1, -0.05) is 28.1 Å². The molecule has 1 aliphatic rings.